The number of nitrogens with one attached hydrogen (secondary N) is 1. The van der Waals surface area contributed by atoms with Crippen LogP contribution < -0.4 is 10.1 Å². The number of rotatable bonds is 5. The molecule has 1 aliphatic heterocycles. The Bertz CT molecular complexity index is 698. The van der Waals surface area contributed by atoms with E-state index in [0.717, 1.165) is 38.2 Å². The minimum Gasteiger partial charge on any atom is -0.497 e. The van der Waals surface area contributed by atoms with Gasteiger partial charge >= 0.3 is 0 Å². The Morgan fingerprint density at radius 1 is 1.46 bits per heavy atom. The van der Waals surface area contributed by atoms with Crippen LogP contribution in [0.15, 0.2) is 36.8 Å². The van der Waals surface area contributed by atoms with Crippen molar-refractivity contribution in [3.63, 3.8) is 0 Å². The molecule has 3 rings (SSSR count). The zero-order valence-electron chi connectivity index (χ0n) is 14.2. The lowest BCUT2D eigenvalue weighted by molar-refractivity contribution is 0.0896. The number of aryl methyl sites for hydroxylation is 1. The molecule has 6 nitrogen and oxygen atoms in total. The molecule has 1 fully saturated rings. The van der Waals surface area contributed by atoms with E-state index < -0.39 is 0 Å². The molecule has 2 aromatic rings. The van der Waals surface area contributed by atoms with Gasteiger partial charge in [0.1, 0.15) is 11.4 Å². The Morgan fingerprint density at radius 2 is 2.33 bits per heavy atom. The average molecular weight is 328 g/mol. The quantitative estimate of drug-likeness (QED) is 0.910. The van der Waals surface area contributed by atoms with Crippen molar-refractivity contribution in [1.29, 1.82) is 0 Å². The van der Waals surface area contributed by atoms with Gasteiger partial charge in [-0.15, -0.1) is 0 Å². The Labute approximate surface area is 142 Å². The van der Waals surface area contributed by atoms with E-state index in [0.29, 0.717) is 5.69 Å². The fourth-order valence-electron chi connectivity index (χ4n) is 3.14. The summed E-state index contributed by atoms with van der Waals surface area (Å²) in [5.41, 5.74) is 1.70. The molecule has 1 unspecified atom stereocenters. The van der Waals surface area contributed by atoms with E-state index in [9.17, 15) is 4.79 Å². The first kappa shape index (κ1) is 16.5. The first-order valence-electron chi connectivity index (χ1n) is 8.28. The molecular formula is C18H24N4O2. The summed E-state index contributed by atoms with van der Waals surface area (Å²) >= 11 is 0. The summed E-state index contributed by atoms with van der Waals surface area (Å²) in [6.45, 7) is 2.77. The van der Waals surface area contributed by atoms with Crippen LogP contribution in [0.5, 0.6) is 5.75 Å². The highest BCUT2D eigenvalue weighted by atomic mass is 16.5. The number of methoxy groups -OCH3 is 1. The number of carbonyl (C=O) groups is 1. The van der Waals surface area contributed by atoms with Gasteiger partial charge in [-0.1, -0.05) is 12.1 Å². The van der Waals surface area contributed by atoms with E-state index in [1.807, 2.05) is 19.2 Å². The Hall–Kier alpha value is -2.34. The lowest BCUT2D eigenvalue weighted by Crippen LogP contribution is -2.47. The smallest absolute Gasteiger partial charge is 0.271 e. The van der Waals surface area contributed by atoms with E-state index in [4.69, 9.17) is 4.74 Å². The highest BCUT2D eigenvalue weighted by molar-refractivity contribution is 5.92. The Balaban J connectivity index is 1.56. The van der Waals surface area contributed by atoms with E-state index in [1.165, 1.54) is 5.56 Å². The van der Waals surface area contributed by atoms with Crippen molar-refractivity contribution in [2.45, 2.75) is 25.4 Å². The third-order valence-electron chi connectivity index (χ3n) is 4.32. The summed E-state index contributed by atoms with van der Waals surface area (Å²) < 4.78 is 7.07. The summed E-state index contributed by atoms with van der Waals surface area (Å²) in [7, 11) is 3.55. The predicted octanol–water partition coefficient (Wildman–Crippen LogP) is 1.82. The van der Waals surface area contributed by atoms with Crippen LogP contribution in [-0.2, 0) is 13.6 Å². The largest absolute Gasteiger partial charge is 0.497 e. The monoisotopic (exact) mass is 328 g/mol. The number of nitrogens with zero attached hydrogens (tertiary/aromatic N) is 3. The van der Waals surface area contributed by atoms with E-state index in [1.54, 1.807) is 24.2 Å². The Kier molecular flexibility index (Phi) is 5.15. The summed E-state index contributed by atoms with van der Waals surface area (Å²) in [6.07, 6.45) is 5.47. The lowest BCUT2D eigenvalue weighted by atomic mass is 10.0. The van der Waals surface area contributed by atoms with Gasteiger partial charge in [-0.05, 0) is 37.1 Å². The van der Waals surface area contributed by atoms with Crippen LogP contribution >= 0.6 is 0 Å². The highest BCUT2D eigenvalue weighted by Gasteiger charge is 2.22. The number of aromatic nitrogens is 2. The minimum absolute atomic E-state index is 0.0937. The number of hydrogen-bond acceptors (Lipinski definition) is 4. The molecule has 1 aromatic heterocycles. The van der Waals surface area contributed by atoms with Gasteiger partial charge in [0.2, 0.25) is 0 Å². The van der Waals surface area contributed by atoms with Crippen LogP contribution in [0.4, 0.5) is 0 Å². The number of hydrogen-bond donors (Lipinski definition) is 1. The highest BCUT2D eigenvalue weighted by Crippen LogP contribution is 2.17. The molecule has 0 radical (unpaired) electrons. The van der Waals surface area contributed by atoms with E-state index in [2.05, 4.69) is 27.3 Å². The normalized spacial score (nSPS) is 18.3. The van der Waals surface area contributed by atoms with Crippen molar-refractivity contribution in [2.24, 2.45) is 7.05 Å². The second-order valence-electron chi connectivity index (χ2n) is 6.32. The molecule has 0 aliphatic carbocycles. The van der Waals surface area contributed by atoms with Crippen LogP contribution in [0.1, 0.15) is 28.9 Å². The molecule has 0 saturated carbocycles. The molecule has 0 spiro atoms. The van der Waals surface area contributed by atoms with Gasteiger partial charge in [0, 0.05) is 32.4 Å². The molecule has 1 aliphatic rings. The molecule has 24 heavy (non-hydrogen) atoms. The number of imidazole rings is 1. The Morgan fingerprint density at radius 3 is 3.08 bits per heavy atom. The fourth-order valence-corrected chi connectivity index (χ4v) is 3.14. The van der Waals surface area contributed by atoms with Crippen molar-refractivity contribution in [2.75, 3.05) is 20.2 Å². The zero-order chi connectivity index (χ0) is 16.9. The summed E-state index contributed by atoms with van der Waals surface area (Å²) in [6, 6.07) is 8.31. The van der Waals surface area contributed by atoms with Crippen LogP contribution in [-0.4, -0.2) is 46.6 Å². The lowest BCUT2D eigenvalue weighted by Gasteiger charge is -2.33. The number of benzene rings is 1. The van der Waals surface area contributed by atoms with Crippen LogP contribution in [0.3, 0.4) is 0 Å². The predicted molar refractivity (Wildman–Crippen MR) is 92.0 cm³/mol. The SMILES string of the molecule is COc1cccc(CN2CCCC(NC(=O)c3cn(C)cn3)C2)c1. The molecule has 1 saturated heterocycles. The minimum atomic E-state index is -0.0937. The topological polar surface area (TPSA) is 59.4 Å². The fraction of sp³-hybridized carbons (Fsp3) is 0.444. The van der Waals surface area contributed by atoms with Gasteiger partial charge in [0.25, 0.3) is 5.91 Å². The van der Waals surface area contributed by atoms with Gasteiger partial charge < -0.3 is 14.6 Å². The van der Waals surface area contributed by atoms with Crippen LogP contribution in [0.25, 0.3) is 0 Å². The first-order valence-corrected chi connectivity index (χ1v) is 8.28. The molecule has 128 valence electrons. The van der Waals surface area contributed by atoms with E-state index in [-0.39, 0.29) is 11.9 Å². The third kappa shape index (κ3) is 4.14. The third-order valence-corrected chi connectivity index (χ3v) is 4.32. The summed E-state index contributed by atoms with van der Waals surface area (Å²) in [4.78, 5) is 18.7. The molecule has 1 atom stereocenters. The second kappa shape index (κ2) is 7.49. The van der Waals surface area contributed by atoms with Crippen LogP contribution in [0.2, 0.25) is 0 Å². The van der Waals surface area contributed by atoms with Gasteiger partial charge in [-0.25, -0.2) is 4.98 Å². The van der Waals surface area contributed by atoms with Crippen LogP contribution in [0, 0.1) is 0 Å². The van der Waals surface area contributed by atoms with Crippen molar-refractivity contribution < 1.29 is 9.53 Å². The summed E-state index contributed by atoms with van der Waals surface area (Å²) in [5.74, 6) is 0.786. The molecule has 0 bridgehead atoms. The molecule has 1 N–H and O–H groups in total. The maximum absolute atomic E-state index is 12.3. The maximum Gasteiger partial charge on any atom is 0.271 e. The first-order chi connectivity index (χ1) is 11.6. The molecule has 2 heterocycles. The van der Waals surface area contributed by atoms with Gasteiger partial charge in [0.05, 0.1) is 13.4 Å². The van der Waals surface area contributed by atoms with Gasteiger partial charge in [-0.3, -0.25) is 9.69 Å². The van der Waals surface area contributed by atoms with Crippen molar-refractivity contribution in [3.8, 4) is 5.75 Å². The zero-order valence-corrected chi connectivity index (χ0v) is 14.2. The standard InChI is InChI=1S/C18H24N4O2/c1-21-12-17(19-13-21)18(23)20-15-6-4-8-22(11-15)10-14-5-3-7-16(9-14)24-2/h3,5,7,9,12-13,15H,4,6,8,10-11H2,1-2H3,(H,20,23). The average Bonchev–Trinajstić information content (AvgIpc) is 3.02. The van der Waals surface area contributed by atoms with Gasteiger partial charge in [0.15, 0.2) is 0 Å². The number of amides is 1. The molecular weight excluding hydrogens is 304 g/mol. The van der Waals surface area contributed by atoms with Crippen molar-refractivity contribution >= 4 is 5.91 Å². The van der Waals surface area contributed by atoms with E-state index >= 15 is 0 Å². The number of likely N-dealkylation sites (tertiary alicyclic amines) is 1. The maximum atomic E-state index is 12.3. The van der Waals surface area contributed by atoms with Crippen molar-refractivity contribution in [3.05, 3.63) is 48.0 Å². The molecule has 1 aromatic carbocycles. The number of ether oxygens (including phenoxy) is 1. The number of carbonyl (C=O) groups excluding carboxylic acids is 1. The number of piperidine rings is 1. The van der Waals surface area contributed by atoms with Gasteiger partial charge in [-0.2, -0.15) is 0 Å². The molecule has 1 amide bonds. The van der Waals surface area contributed by atoms with Crippen molar-refractivity contribution in [1.82, 2.24) is 19.8 Å². The second-order valence-corrected chi connectivity index (χ2v) is 6.32. The molecule has 6 heteroatoms. The summed E-state index contributed by atoms with van der Waals surface area (Å²) in [5, 5.41) is 3.11.